The number of halogens is 1. The number of carbonyl (C=O) groups is 1. The van der Waals surface area contributed by atoms with Crippen molar-refractivity contribution in [3.8, 4) is 5.75 Å². The monoisotopic (exact) mass is 286 g/mol. The van der Waals surface area contributed by atoms with Gasteiger partial charge in [0.25, 0.3) is 0 Å². The smallest absolute Gasteiger partial charge is 0.203 e. The molecule has 21 heavy (non-hydrogen) atoms. The Morgan fingerprint density at radius 1 is 1.05 bits per heavy atom. The van der Waals surface area contributed by atoms with Gasteiger partial charge in [0, 0.05) is 11.6 Å². The van der Waals surface area contributed by atoms with E-state index in [1.807, 2.05) is 32.0 Å². The maximum Gasteiger partial charge on any atom is 0.203 e. The van der Waals surface area contributed by atoms with Crippen LogP contribution in [0.3, 0.4) is 0 Å². The molecule has 3 heteroatoms. The lowest BCUT2D eigenvalue weighted by Gasteiger charge is -2.15. The van der Waals surface area contributed by atoms with Gasteiger partial charge in [-0.25, -0.2) is 4.39 Å². The Labute approximate surface area is 124 Å². The Morgan fingerprint density at radius 3 is 2.38 bits per heavy atom. The number of ketones is 1. The average Bonchev–Trinajstić information content (AvgIpc) is 2.44. The van der Waals surface area contributed by atoms with Gasteiger partial charge in [0.1, 0.15) is 11.6 Å². The molecule has 2 nitrogen and oxygen atoms in total. The highest BCUT2D eigenvalue weighted by molar-refractivity contribution is 6.00. The molecule has 0 amide bonds. The highest BCUT2D eigenvalue weighted by Crippen LogP contribution is 2.20. The van der Waals surface area contributed by atoms with Gasteiger partial charge in [-0.05, 0) is 51.0 Å². The van der Waals surface area contributed by atoms with Gasteiger partial charge in [-0.3, -0.25) is 4.79 Å². The molecule has 0 spiro atoms. The molecule has 1 atom stereocenters. The number of Topliss-reactive ketones (excluding diaryl/α,β-unsaturated/α-hetero) is 1. The Kier molecular flexibility index (Phi) is 4.41. The van der Waals surface area contributed by atoms with Crippen molar-refractivity contribution in [2.45, 2.75) is 33.8 Å². The van der Waals surface area contributed by atoms with Crippen LogP contribution in [-0.2, 0) is 0 Å². The van der Waals surface area contributed by atoms with E-state index in [1.165, 1.54) is 6.07 Å². The van der Waals surface area contributed by atoms with Crippen molar-refractivity contribution in [2.24, 2.45) is 0 Å². The molecule has 0 fully saturated rings. The van der Waals surface area contributed by atoms with Crippen LogP contribution in [0.4, 0.5) is 4.39 Å². The van der Waals surface area contributed by atoms with E-state index in [9.17, 15) is 9.18 Å². The van der Waals surface area contributed by atoms with Crippen molar-refractivity contribution < 1.29 is 13.9 Å². The third-order valence-corrected chi connectivity index (χ3v) is 3.48. The molecule has 0 N–H and O–H groups in total. The summed E-state index contributed by atoms with van der Waals surface area (Å²) in [6.07, 6.45) is -0.660. The van der Waals surface area contributed by atoms with Crippen LogP contribution in [0.5, 0.6) is 5.75 Å². The van der Waals surface area contributed by atoms with Crippen molar-refractivity contribution in [2.75, 3.05) is 0 Å². The summed E-state index contributed by atoms with van der Waals surface area (Å²) < 4.78 is 19.1. The molecule has 2 aromatic rings. The fourth-order valence-corrected chi connectivity index (χ4v) is 2.12. The number of hydrogen-bond donors (Lipinski definition) is 0. The molecule has 110 valence electrons. The Balaban J connectivity index is 2.19. The Hall–Kier alpha value is -2.16. The summed E-state index contributed by atoms with van der Waals surface area (Å²) in [5.41, 5.74) is 3.14. The van der Waals surface area contributed by atoms with Crippen LogP contribution in [0.2, 0.25) is 0 Å². The maximum atomic E-state index is 13.5. The van der Waals surface area contributed by atoms with Crippen LogP contribution in [0.25, 0.3) is 0 Å². The summed E-state index contributed by atoms with van der Waals surface area (Å²) in [6.45, 7) is 7.20. The lowest BCUT2D eigenvalue weighted by atomic mass is 9.99. The summed E-state index contributed by atoms with van der Waals surface area (Å²) in [4.78, 5) is 12.5. The second-order valence-corrected chi connectivity index (χ2v) is 5.35. The summed E-state index contributed by atoms with van der Waals surface area (Å²) in [7, 11) is 0. The molecule has 0 saturated heterocycles. The minimum Gasteiger partial charge on any atom is -0.482 e. The van der Waals surface area contributed by atoms with E-state index in [0.717, 1.165) is 11.1 Å². The number of ether oxygens (including phenoxy) is 1. The summed E-state index contributed by atoms with van der Waals surface area (Å²) in [5, 5.41) is 0. The minimum atomic E-state index is -0.660. The third kappa shape index (κ3) is 3.48. The van der Waals surface area contributed by atoms with Crippen LogP contribution in [0.15, 0.2) is 36.4 Å². The standard InChI is InChI=1S/C18H19FO2/c1-11-5-6-12(2)16(9-11)18(20)14(4)21-15-8-7-13(3)17(19)10-15/h5-10,14H,1-4H3. The van der Waals surface area contributed by atoms with Gasteiger partial charge < -0.3 is 4.74 Å². The van der Waals surface area contributed by atoms with Gasteiger partial charge in [-0.1, -0.05) is 23.8 Å². The SMILES string of the molecule is Cc1ccc(C)c(C(=O)C(C)Oc2ccc(C)c(F)c2)c1. The van der Waals surface area contributed by atoms with Gasteiger partial charge in [-0.2, -0.15) is 0 Å². The van der Waals surface area contributed by atoms with Crippen molar-refractivity contribution >= 4 is 5.78 Å². The number of benzene rings is 2. The quantitative estimate of drug-likeness (QED) is 0.779. The van der Waals surface area contributed by atoms with Crippen LogP contribution in [-0.4, -0.2) is 11.9 Å². The van der Waals surface area contributed by atoms with Crippen LogP contribution in [0, 0.1) is 26.6 Å². The van der Waals surface area contributed by atoms with E-state index in [-0.39, 0.29) is 11.6 Å². The molecule has 0 heterocycles. The highest BCUT2D eigenvalue weighted by Gasteiger charge is 2.19. The first-order valence-corrected chi connectivity index (χ1v) is 6.93. The second-order valence-electron chi connectivity index (χ2n) is 5.35. The molecule has 0 aliphatic carbocycles. The van der Waals surface area contributed by atoms with E-state index >= 15 is 0 Å². The van der Waals surface area contributed by atoms with Gasteiger partial charge in [0.2, 0.25) is 5.78 Å². The van der Waals surface area contributed by atoms with E-state index in [0.29, 0.717) is 16.9 Å². The van der Waals surface area contributed by atoms with Gasteiger partial charge in [-0.15, -0.1) is 0 Å². The normalized spacial score (nSPS) is 12.0. The first kappa shape index (κ1) is 15.2. The maximum absolute atomic E-state index is 13.5. The molecule has 0 radical (unpaired) electrons. The molecule has 2 rings (SSSR count). The molecule has 0 aliphatic heterocycles. The first-order chi connectivity index (χ1) is 9.88. The largest absolute Gasteiger partial charge is 0.482 e. The zero-order chi connectivity index (χ0) is 15.6. The van der Waals surface area contributed by atoms with Crippen molar-refractivity contribution in [3.63, 3.8) is 0 Å². The molecular formula is C18H19FO2. The number of aryl methyl sites for hydroxylation is 3. The van der Waals surface area contributed by atoms with Gasteiger partial charge in [0.05, 0.1) is 0 Å². The second kappa shape index (κ2) is 6.08. The molecule has 0 bridgehead atoms. The lowest BCUT2D eigenvalue weighted by molar-refractivity contribution is 0.0817. The van der Waals surface area contributed by atoms with Crippen LogP contribution in [0.1, 0.15) is 34.0 Å². The van der Waals surface area contributed by atoms with Crippen molar-refractivity contribution in [3.05, 3.63) is 64.5 Å². The Morgan fingerprint density at radius 2 is 1.71 bits per heavy atom. The first-order valence-electron chi connectivity index (χ1n) is 6.93. The van der Waals surface area contributed by atoms with E-state index < -0.39 is 6.10 Å². The number of hydrogen-bond acceptors (Lipinski definition) is 2. The van der Waals surface area contributed by atoms with E-state index in [4.69, 9.17) is 4.74 Å². The third-order valence-electron chi connectivity index (χ3n) is 3.48. The van der Waals surface area contributed by atoms with Crippen molar-refractivity contribution in [1.82, 2.24) is 0 Å². The van der Waals surface area contributed by atoms with Crippen LogP contribution < -0.4 is 4.74 Å². The molecule has 0 aliphatic rings. The molecule has 0 saturated carbocycles. The zero-order valence-corrected chi connectivity index (χ0v) is 12.7. The number of rotatable bonds is 4. The molecule has 2 aromatic carbocycles. The minimum absolute atomic E-state index is 0.0998. The Bertz CT molecular complexity index is 677. The predicted octanol–water partition coefficient (Wildman–Crippen LogP) is 4.40. The highest BCUT2D eigenvalue weighted by atomic mass is 19.1. The topological polar surface area (TPSA) is 26.3 Å². The lowest BCUT2D eigenvalue weighted by Crippen LogP contribution is -2.24. The molecule has 1 unspecified atom stereocenters. The van der Waals surface area contributed by atoms with E-state index in [1.54, 1.807) is 26.0 Å². The van der Waals surface area contributed by atoms with Crippen molar-refractivity contribution in [1.29, 1.82) is 0 Å². The average molecular weight is 286 g/mol. The van der Waals surface area contributed by atoms with Crippen LogP contribution >= 0.6 is 0 Å². The fourth-order valence-electron chi connectivity index (χ4n) is 2.12. The summed E-state index contributed by atoms with van der Waals surface area (Å²) in [6, 6.07) is 10.4. The summed E-state index contributed by atoms with van der Waals surface area (Å²) >= 11 is 0. The molecular weight excluding hydrogens is 267 g/mol. The summed E-state index contributed by atoms with van der Waals surface area (Å²) in [5.74, 6) is -0.0691. The number of carbonyl (C=O) groups excluding carboxylic acids is 1. The van der Waals surface area contributed by atoms with Gasteiger partial charge >= 0.3 is 0 Å². The molecule has 0 aromatic heterocycles. The van der Waals surface area contributed by atoms with E-state index in [2.05, 4.69) is 0 Å². The zero-order valence-electron chi connectivity index (χ0n) is 12.7. The fraction of sp³-hybridized carbons (Fsp3) is 0.278. The predicted molar refractivity (Wildman–Crippen MR) is 81.5 cm³/mol. The van der Waals surface area contributed by atoms with Gasteiger partial charge in [0.15, 0.2) is 6.10 Å².